The minimum absolute atomic E-state index is 0.0854. The fraction of sp³-hybridized carbons (Fsp3) is 0.105. The number of nitrogens with two attached hydrogens (primary N) is 1. The average Bonchev–Trinajstić information content (AvgIpc) is 2.61. The van der Waals surface area contributed by atoms with E-state index in [9.17, 15) is 18.0 Å². The predicted molar refractivity (Wildman–Crippen MR) is 107 cm³/mol. The van der Waals surface area contributed by atoms with E-state index >= 15 is 0 Å². The maximum absolute atomic E-state index is 13.5. The summed E-state index contributed by atoms with van der Waals surface area (Å²) in [5.41, 5.74) is 5.90. The van der Waals surface area contributed by atoms with E-state index in [1.54, 1.807) is 0 Å². The zero-order chi connectivity index (χ0) is 20.7. The lowest BCUT2D eigenvalue weighted by Gasteiger charge is -2.18. The van der Waals surface area contributed by atoms with Crippen LogP contribution in [0.5, 0.6) is 0 Å². The molecule has 0 radical (unpaired) electrons. The third-order valence-electron chi connectivity index (χ3n) is 3.61. The van der Waals surface area contributed by atoms with Crippen LogP contribution >= 0.6 is 23.2 Å². The van der Waals surface area contributed by atoms with E-state index in [1.165, 1.54) is 42.5 Å². The van der Waals surface area contributed by atoms with Crippen LogP contribution in [0.3, 0.4) is 0 Å². The van der Waals surface area contributed by atoms with E-state index in [2.05, 4.69) is 9.98 Å². The average molecular weight is 428 g/mol. The van der Waals surface area contributed by atoms with Gasteiger partial charge in [0.1, 0.15) is 6.34 Å². The standard InChI is InChI=1S/C19H14Cl2F3N3O/c20-15-6-13(7-16(21)8-15)17(19(22,23)24)3-1-12-2-4-18(14(5-12)9-28)27-11-26-10-25/h1-11,17H,(H2,25,26,27)/b3-1+. The SMILES string of the molecule is NC=NC=Nc1ccc(/C=C/C(c2cc(Cl)cc(Cl)c2)C(F)(F)F)cc1C=O. The van der Waals surface area contributed by atoms with Crippen molar-refractivity contribution in [3.63, 3.8) is 0 Å². The molecule has 0 amide bonds. The summed E-state index contributed by atoms with van der Waals surface area (Å²) in [6, 6.07) is 8.21. The molecule has 0 fully saturated rings. The summed E-state index contributed by atoms with van der Waals surface area (Å²) < 4.78 is 40.6. The van der Waals surface area contributed by atoms with Gasteiger partial charge in [-0.1, -0.05) is 41.4 Å². The van der Waals surface area contributed by atoms with Crippen LogP contribution in [-0.2, 0) is 0 Å². The number of carbonyl (C=O) groups excluding carboxylic acids is 1. The Labute approximate surface area is 169 Å². The van der Waals surface area contributed by atoms with Crippen molar-refractivity contribution in [3.8, 4) is 0 Å². The van der Waals surface area contributed by atoms with Gasteiger partial charge in [-0.15, -0.1) is 0 Å². The van der Waals surface area contributed by atoms with Gasteiger partial charge < -0.3 is 5.73 Å². The molecule has 1 atom stereocenters. The van der Waals surface area contributed by atoms with Crippen LogP contribution < -0.4 is 5.73 Å². The Morgan fingerprint density at radius 2 is 1.75 bits per heavy atom. The number of hydrogen-bond acceptors (Lipinski definition) is 2. The number of alkyl halides is 3. The summed E-state index contributed by atoms with van der Waals surface area (Å²) in [7, 11) is 0. The molecule has 0 saturated heterocycles. The van der Waals surface area contributed by atoms with Crippen LogP contribution in [0.15, 0.2) is 52.5 Å². The monoisotopic (exact) mass is 427 g/mol. The third-order valence-corrected chi connectivity index (χ3v) is 4.04. The maximum Gasteiger partial charge on any atom is 0.399 e. The Bertz CT molecular complexity index is 920. The van der Waals surface area contributed by atoms with Crippen LogP contribution in [0.2, 0.25) is 10.0 Å². The zero-order valence-corrected chi connectivity index (χ0v) is 15.7. The fourth-order valence-corrected chi connectivity index (χ4v) is 2.94. The summed E-state index contributed by atoms with van der Waals surface area (Å²) in [5, 5.41) is 0.214. The molecule has 0 aliphatic rings. The molecule has 146 valence electrons. The molecule has 4 nitrogen and oxygen atoms in total. The third kappa shape index (κ3) is 5.94. The number of nitrogens with zero attached hydrogens (tertiary/aromatic N) is 2. The van der Waals surface area contributed by atoms with Gasteiger partial charge in [-0.2, -0.15) is 13.2 Å². The Hall–Kier alpha value is -2.64. The smallest absolute Gasteiger partial charge is 0.390 e. The molecular weight excluding hydrogens is 414 g/mol. The first-order valence-corrected chi connectivity index (χ1v) is 8.56. The van der Waals surface area contributed by atoms with Crippen LogP contribution in [0.25, 0.3) is 6.08 Å². The zero-order valence-electron chi connectivity index (χ0n) is 14.2. The van der Waals surface area contributed by atoms with Crippen LogP contribution in [0, 0.1) is 0 Å². The maximum atomic E-state index is 13.5. The molecule has 0 aromatic heterocycles. The van der Waals surface area contributed by atoms with Gasteiger partial charge >= 0.3 is 6.18 Å². The predicted octanol–water partition coefficient (Wildman–Crippen LogP) is 5.81. The minimum Gasteiger partial charge on any atom is -0.390 e. The van der Waals surface area contributed by atoms with E-state index in [1.807, 2.05) is 0 Å². The van der Waals surface area contributed by atoms with E-state index in [0.717, 1.165) is 18.8 Å². The molecule has 0 aliphatic heterocycles. The van der Waals surface area contributed by atoms with E-state index in [-0.39, 0.29) is 21.2 Å². The molecule has 0 bridgehead atoms. The molecule has 9 heteroatoms. The normalized spacial score (nSPS) is 13.6. The summed E-state index contributed by atoms with van der Waals surface area (Å²) >= 11 is 11.6. The number of aliphatic imine (C=N–C) groups is 2. The Kier molecular flexibility index (Phi) is 7.37. The molecule has 2 N–H and O–H groups in total. The molecule has 0 aliphatic carbocycles. The van der Waals surface area contributed by atoms with E-state index < -0.39 is 12.1 Å². The highest BCUT2D eigenvalue weighted by atomic mass is 35.5. The number of halogens is 5. The van der Waals surface area contributed by atoms with Gasteiger partial charge in [0.15, 0.2) is 6.29 Å². The highest BCUT2D eigenvalue weighted by molar-refractivity contribution is 6.34. The lowest BCUT2D eigenvalue weighted by molar-refractivity contribution is -0.139. The molecule has 1 unspecified atom stereocenters. The van der Waals surface area contributed by atoms with E-state index in [0.29, 0.717) is 17.5 Å². The van der Waals surface area contributed by atoms with Crippen molar-refractivity contribution in [1.82, 2.24) is 0 Å². The van der Waals surface area contributed by atoms with Gasteiger partial charge in [-0.05, 0) is 41.5 Å². The van der Waals surface area contributed by atoms with Crippen LogP contribution in [-0.4, -0.2) is 25.1 Å². The largest absolute Gasteiger partial charge is 0.399 e. The summed E-state index contributed by atoms with van der Waals surface area (Å²) in [5.74, 6) is -1.92. The number of benzene rings is 2. The second-order valence-electron chi connectivity index (χ2n) is 5.56. The van der Waals surface area contributed by atoms with Crippen molar-refractivity contribution in [1.29, 1.82) is 0 Å². The van der Waals surface area contributed by atoms with Gasteiger partial charge in [-0.25, -0.2) is 9.98 Å². The second kappa shape index (κ2) is 9.52. The highest BCUT2D eigenvalue weighted by Gasteiger charge is 2.39. The van der Waals surface area contributed by atoms with Gasteiger partial charge in [0, 0.05) is 15.6 Å². The van der Waals surface area contributed by atoms with Crippen LogP contribution in [0.4, 0.5) is 18.9 Å². The number of rotatable bonds is 6. The quantitative estimate of drug-likeness (QED) is 0.358. The Morgan fingerprint density at radius 3 is 2.32 bits per heavy atom. The van der Waals surface area contributed by atoms with Gasteiger partial charge in [0.25, 0.3) is 0 Å². The number of carbonyl (C=O) groups is 1. The number of aldehydes is 1. The molecule has 2 aromatic carbocycles. The topological polar surface area (TPSA) is 67.8 Å². The molecule has 2 rings (SSSR count). The Balaban J connectivity index is 2.38. The lowest BCUT2D eigenvalue weighted by Crippen LogP contribution is -2.18. The number of allylic oxidation sites excluding steroid dienone is 1. The van der Waals surface area contributed by atoms with Gasteiger partial charge in [0.05, 0.1) is 17.9 Å². The first-order chi connectivity index (χ1) is 13.2. The molecule has 2 aromatic rings. The molecule has 28 heavy (non-hydrogen) atoms. The minimum atomic E-state index is -4.55. The fourth-order valence-electron chi connectivity index (χ4n) is 2.39. The van der Waals surface area contributed by atoms with Crippen molar-refractivity contribution < 1.29 is 18.0 Å². The first kappa shape index (κ1) is 21.7. The lowest BCUT2D eigenvalue weighted by atomic mass is 9.96. The second-order valence-corrected chi connectivity index (χ2v) is 6.43. The summed E-state index contributed by atoms with van der Waals surface area (Å²) in [6.07, 6.45) is 0.427. The molecule has 0 heterocycles. The van der Waals surface area contributed by atoms with Gasteiger partial charge in [0.2, 0.25) is 0 Å². The summed E-state index contributed by atoms with van der Waals surface area (Å²) in [4.78, 5) is 18.8. The van der Waals surface area contributed by atoms with Crippen molar-refractivity contribution in [2.75, 3.05) is 0 Å². The van der Waals surface area contributed by atoms with Crippen molar-refractivity contribution >= 4 is 53.9 Å². The molecular formula is C19H14Cl2F3N3O. The van der Waals surface area contributed by atoms with Gasteiger partial charge in [-0.3, -0.25) is 4.79 Å². The molecule has 0 spiro atoms. The first-order valence-electron chi connectivity index (χ1n) is 7.80. The van der Waals surface area contributed by atoms with Crippen molar-refractivity contribution in [2.24, 2.45) is 15.7 Å². The van der Waals surface area contributed by atoms with Crippen LogP contribution in [0.1, 0.15) is 27.4 Å². The van der Waals surface area contributed by atoms with Crippen molar-refractivity contribution in [2.45, 2.75) is 12.1 Å². The van der Waals surface area contributed by atoms with E-state index in [4.69, 9.17) is 28.9 Å². The summed E-state index contributed by atoms with van der Waals surface area (Å²) in [6.45, 7) is 0. The highest BCUT2D eigenvalue weighted by Crippen LogP contribution is 2.38. The van der Waals surface area contributed by atoms with Crippen molar-refractivity contribution in [3.05, 3.63) is 69.2 Å². The molecule has 0 saturated carbocycles. The Morgan fingerprint density at radius 1 is 1.07 bits per heavy atom. The number of hydrogen-bond donors (Lipinski definition) is 1.